The molecule has 1 saturated carbocycles. The Balaban J connectivity index is 2.12. The molecule has 1 aromatic rings. The number of nitrogens with zero attached hydrogens (tertiary/aromatic N) is 1. The molecule has 1 heterocycles. The Labute approximate surface area is 93.8 Å². The van der Waals surface area contributed by atoms with E-state index in [1.54, 1.807) is 12.3 Å². The van der Waals surface area contributed by atoms with Crippen LogP contribution in [0.1, 0.15) is 36.5 Å². The summed E-state index contributed by atoms with van der Waals surface area (Å²) in [7, 11) is 0. The van der Waals surface area contributed by atoms with Crippen molar-refractivity contribution in [1.82, 2.24) is 10.3 Å². The van der Waals surface area contributed by atoms with Gasteiger partial charge in [-0.2, -0.15) is 0 Å². The van der Waals surface area contributed by atoms with Crippen molar-refractivity contribution in [2.75, 3.05) is 0 Å². The van der Waals surface area contributed by atoms with Gasteiger partial charge in [0.1, 0.15) is 0 Å². The maximum absolute atomic E-state index is 11.8. The standard InChI is InChI=1S/C11H13ClN2O/c1-2-11(4-5-11)14-10(15)8-7-13-6-3-9(8)12/h3,6-7H,2,4-5H2,1H3,(H,14,15). The third-order valence-electron chi connectivity index (χ3n) is 2.92. The summed E-state index contributed by atoms with van der Waals surface area (Å²) in [6.07, 6.45) is 6.17. The van der Waals surface area contributed by atoms with Crippen LogP contribution in [0.2, 0.25) is 5.02 Å². The summed E-state index contributed by atoms with van der Waals surface area (Å²) in [6.45, 7) is 2.08. The van der Waals surface area contributed by atoms with Crippen LogP contribution in [0.3, 0.4) is 0 Å². The summed E-state index contributed by atoms with van der Waals surface area (Å²) in [5, 5.41) is 3.46. The Morgan fingerprint density at radius 1 is 1.67 bits per heavy atom. The van der Waals surface area contributed by atoms with E-state index in [4.69, 9.17) is 11.6 Å². The number of carbonyl (C=O) groups excluding carboxylic acids is 1. The number of pyridine rings is 1. The lowest BCUT2D eigenvalue weighted by Gasteiger charge is -2.15. The minimum absolute atomic E-state index is 0.0241. The SMILES string of the molecule is CCC1(NC(=O)c2cnccc2Cl)CC1. The topological polar surface area (TPSA) is 42.0 Å². The lowest BCUT2D eigenvalue weighted by atomic mass is 10.2. The summed E-state index contributed by atoms with van der Waals surface area (Å²) in [5.74, 6) is -0.118. The molecule has 1 aromatic heterocycles. The molecule has 1 aliphatic carbocycles. The summed E-state index contributed by atoms with van der Waals surface area (Å²) in [4.78, 5) is 15.7. The van der Waals surface area contributed by atoms with E-state index in [0.717, 1.165) is 19.3 Å². The Morgan fingerprint density at radius 3 is 2.93 bits per heavy atom. The lowest BCUT2D eigenvalue weighted by molar-refractivity contribution is 0.0930. The molecule has 0 saturated heterocycles. The van der Waals surface area contributed by atoms with E-state index in [1.165, 1.54) is 6.20 Å². The molecule has 1 amide bonds. The van der Waals surface area contributed by atoms with Gasteiger partial charge in [-0.15, -0.1) is 0 Å². The molecule has 0 bridgehead atoms. The Bertz CT molecular complexity index is 388. The van der Waals surface area contributed by atoms with Crippen LogP contribution in [-0.2, 0) is 0 Å². The van der Waals surface area contributed by atoms with E-state index in [-0.39, 0.29) is 11.4 Å². The van der Waals surface area contributed by atoms with Crippen LogP contribution >= 0.6 is 11.6 Å². The highest BCUT2D eigenvalue weighted by Gasteiger charge is 2.42. The van der Waals surface area contributed by atoms with Gasteiger partial charge in [0.2, 0.25) is 0 Å². The average molecular weight is 225 g/mol. The van der Waals surface area contributed by atoms with Gasteiger partial charge in [-0.25, -0.2) is 0 Å². The predicted octanol–water partition coefficient (Wildman–Crippen LogP) is 2.41. The van der Waals surface area contributed by atoms with Crippen LogP contribution in [0.5, 0.6) is 0 Å². The normalized spacial score (nSPS) is 17.2. The van der Waals surface area contributed by atoms with Crippen molar-refractivity contribution >= 4 is 17.5 Å². The fourth-order valence-electron chi connectivity index (χ4n) is 1.57. The number of aromatic nitrogens is 1. The van der Waals surface area contributed by atoms with Crippen molar-refractivity contribution in [3.05, 3.63) is 29.0 Å². The monoisotopic (exact) mass is 224 g/mol. The smallest absolute Gasteiger partial charge is 0.254 e. The van der Waals surface area contributed by atoms with Crippen molar-refractivity contribution in [1.29, 1.82) is 0 Å². The summed E-state index contributed by atoms with van der Waals surface area (Å²) in [6, 6.07) is 1.63. The van der Waals surface area contributed by atoms with Gasteiger partial charge in [0.05, 0.1) is 10.6 Å². The van der Waals surface area contributed by atoms with Gasteiger partial charge in [0, 0.05) is 17.9 Å². The first-order chi connectivity index (χ1) is 7.17. The Morgan fingerprint density at radius 2 is 2.40 bits per heavy atom. The van der Waals surface area contributed by atoms with Gasteiger partial charge >= 0.3 is 0 Å². The number of rotatable bonds is 3. The van der Waals surface area contributed by atoms with E-state index < -0.39 is 0 Å². The van der Waals surface area contributed by atoms with Crippen LogP contribution in [0.15, 0.2) is 18.5 Å². The van der Waals surface area contributed by atoms with Crippen LogP contribution < -0.4 is 5.32 Å². The van der Waals surface area contributed by atoms with E-state index >= 15 is 0 Å². The molecule has 3 nitrogen and oxygen atoms in total. The zero-order valence-electron chi connectivity index (χ0n) is 8.59. The number of hydrogen-bond donors (Lipinski definition) is 1. The van der Waals surface area contributed by atoms with Gasteiger partial charge in [0.15, 0.2) is 0 Å². The van der Waals surface area contributed by atoms with Crippen molar-refractivity contribution in [2.24, 2.45) is 0 Å². The molecule has 0 spiro atoms. The van der Waals surface area contributed by atoms with Gasteiger partial charge < -0.3 is 5.32 Å². The highest BCUT2D eigenvalue weighted by molar-refractivity contribution is 6.33. The molecule has 15 heavy (non-hydrogen) atoms. The Kier molecular flexibility index (Phi) is 2.65. The van der Waals surface area contributed by atoms with Crippen LogP contribution in [0.25, 0.3) is 0 Å². The van der Waals surface area contributed by atoms with Gasteiger partial charge in [-0.3, -0.25) is 9.78 Å². The van der Waals surface area contributed by atoms with Crippen molar-refractivity contribution < 1.29 is 4.79 Å². The van der Waals surface area contributed by atoms with Crippen molar-refractivity contribution in [2.45, 2.75) is 31.7 Å². The molecule has 1 aliphatic rings. The molecule has 80 valence electrons. The molecule has 4 heteroatoms. The first-order valence-corrected chi connectivity index (χ1v) is 5.47. The quantitative estimate of drug-likeness (QED) is 0.857. The highest BCUT2D eigenvalue weighted by Crippen LogP contribution is 2.38. The third kappa shape index (κ3) is 2.12. The van der Waals surface area contributed by atoms with E-state index in [9.17, 15) is 4.79 Å². The molecular formula is C11H13ClN2O. The molecule has 0 radical (unpaired) electrons. The molecule has 0 aromatic carbocycles. The van der Waals surface area contributed by atoms with E-state index in [2.05, 4.69) is 17.2 Å². The second-order valence-electron chi connectivity index (χ2n) is 3.94. The molecule has 1 fully saturated rings. The number of halogens is 1. The summed E-state index contributed by atoms with van der Waals surface area (Å²) >= 11 is 5.91. The summed E-state index contributed by atoms with van der Waals surface area (Å²) < 4.78 is 0. The largest absolute Gasteiger partial charge is 0.347 e. The average Bonchev–Trinajstić information content (AvgIpc) is 2.99. The maximum Gasteiger partial charge on any atom is 0.254 e. The molecule has 0 aliphatic heterocycles. The second kappa shape index (κ2) is 3.81. The molecule has 2 rings (SSSR count). The zero-order chi connectivity index (χ0) is 10.9. The third-order valence-corrected chi connectivity index (χ3v) is 3.25. The minimum Gasteiger partial charge on any atom is -0.347 e. The Hall–Kier alpha value is -1.09. The zero-order valence-corrected chi connectivity index (χ0v) is 9.34. The van der Waals surface area contributed by atoms with Crippen LogP contribution in [-0.4, -0.2) is 16.4 Å². The van der Waals surface area contributed by atoms with Crippen LogP contribution in [0, 0.1) is 0 Å². The van der Waals surface area contributed by atoms with Gasteiger partial charge in [0.25, 0.3) is 5.91 Å². The van der Waals surface area contributed by atoms with Crippen molar-refractivity contribution in [3.63, 3.8) is 0 Å². The van der Waals surface area contributed by atoms with E-state index in [1.807, 2.05) is 0 Å². The first kappa shape index (κ1) is 10.4. The fraction of sp³-hybridized carbons (Fsp3) is 0.455. The predicted molar refractivity (Wildman–Crippen MR) is 59.0 cm³/mol. The van der Waals surface area contributed by atoms with Gasteiger partial charge in [-0.1, -0.05) is 18.5 Å². The second-order valence-corrected chi connectivity index (χ2v) is 4.35. The molecule has 1 N–H and O–H groups in total. The molecule has 0 unspecified atom stereocenters. The van der Waals surface area contributed by atoms with Gasteiger partial charge in [-0.05, 0) is 25.3 Å². The summed E-state index contributed by atoms with van der Waals surface area (Å²) in [5.41, 5.74) is 0.481. The number of hydrogen-bond acceptors (Lipinski definition) is 2. The number of amides is 1. The molecule has 0 atom stereocenters. The molecular weight excluding hydrogens is 212 g/mol. The fourth-order valence-corrected chi connectivity index (χ4v) is 1.76. The highest BCUT2D eigenvalue weighted by atomic mass is 35.5. The maximum atomic E-state index is 11.8. The van der Waals surface area contributed by atoms with E-state index in [0.29, 0.717) is 10.6 Å². The number of nitrogens with one attached hydrogen (secondary N) is 1. The van der Waals surface area contributed by atoms with Crippen molar-refractivity contribution in [3.8, 4) is 0 Å². The first-order valence-electron chi connectivity index (χ1n) is 5.09. The van der Waals surface area contributed by atoms with Crippen LogP contribution in [0.4, 0.5) is 0 Å². The minimum atomic E-state index is -0.118. The number of carbonyl (C=O) groups is 1. The lowest BCUT2D eigenvalue weighted by Crippen LogP contribution is -2.36.